The van der Waals surface area contributed by atoms with Crippen LogP contribution in [-0.2, 0) is 15.5 Å². The van der Waals surface area contributed by atoms with E-state index in [0.717, 1.165) is 0 Å². The molecule has 2 aromatic carbocycles. The highest BCUT2D eigenvalue weighted by Gasteiger charge is 2.24. The van der Waals surface area contributed by atoms with E-state index in [-0.39, 0.29) is 12.0 Å². The monoisotopic (exact) mass is 359 g/mol. The van der Waals surface area contributed by atoms with Gasteiger partial charge >= 0.3 is 13.6 Å². The zero-order valence-corrected chi connectivity index (χ0v) is 14.4. The van der Waals surface area contributed by atoms with Crippen molar-refractivity contribution in [1.82, 2.24) is 4.98 Å². The maximum Gasteiger partial charge on any atom is 0.382 e. The van der Waals surface area contributed by atoms with Crippen LogP contribution >= 0.6 is 7.60 Å². The number of nitrogens with one attached hydrogen (secondary N) is 1. The number of carbonyl (C=O) groups is 1. The lowest BCUT2D eigenvalue weighted by molar-refractivity contribution is -0.138. The lowest BCUT2D eigenvalue weighted by Gasteiger charge is -2.11. The highest BCUT2D eigenvalue weighted by molar-refractivity contribution is 7.52. The molecular formula is C18H18NO5P. The molecular weight excluding hydrogens is 341 g/mol. The molecule has 0 radical (unpaired) electrons. The van der Waals surface area contributed by atoms with Crippen molar-refractivity contribution in [2.24, 2.45) is 0 Å². The van der Waals surface area contributed by atoms with Gasteiger partial charge in [0.25, 0.3) is 0 Å². The van der Waals surface area contributed by atoms with Gasteiger partial charge in [-0.1, -0.05) is 42.5 Å². The maximum absolute atomic E-state index is 12.4. The SMILES string of the molecule is CC(C(=O)O)c1cccc2[nH]c(OP(=O)(O)Cc3ccccc3)cc12. The van der Waals surface area contributed by atoms with Crippen LogP contribution in [0.1, 0.15) is 24.0 Å². The molecule has 7 heteroatoms. The number of hydrogen-bond acceptors (Lipinski definition) is 3. The average molecular weight is 359 g/mol. The standard InChI is InChI=1S/C18H18NO5P/c1-12(18(20)21)14-8-5-9-16-15(14)10-17(19-16)24-25(22,23)11-13-6-3-2-4-7-13/h2-10,12,19H,11H2,1H3,(H,20,21)(H,22,23). The summed E-state index contributed by atoms with van der Waals surface area (Å²) in [6, 6.07) is 15.7. The summed E-state index contributed by atoms with van der Waals surface area (Å²) in [5, 5.41) is 9.89. The Morgan fingerprint density at radius 1 is 1.20 bits per heavy atom. The summed E-state index contributed by atoms with van der Waals surface area (Å²) in [5.41, 5.74) is 1.97. The first kappa shape index (κ1) is 17.3. The molecule has 0 saturated heterocycles. The number of aliphatic carboxylic acids is 1. The molecule has 25 heavy (non-hydrogen) atoms. The highest BCUT2D eigenvalue weighted by Crippen LogP contribution is 2.46. The van der Waals surface area contributed by atoms with Gasteiger partial charge in [0.15, 0.2) is 0 Å². The van der Waals surface area contributed by atoms with Crippen LogP contribution in [0.15, 0.2) is 54.6 Å². The van der Waals surface area contributed by atoms with Gasteiger partial charge in [-0.3, -0.25) is 4.79 Å². The van der Waals surface area contributed by atoms with Crippen molar-refractivity contribution in [3.05, 3.63) is 65.7 Å². The molecule has 1 heterocycles. The molecule has 0 bridgehead atoms. The van der Waals surface area contributed by atoms with Crippen LogP contribution in [0.25, 0.3) is 10.9 Å². The van der Waals surface area contributed by atoms with Gasteiger partial charge in [0.05, 0.1) is 12.1 Å². The highest BCUT2D eigenvalue weighted by atomic mass is 31.2. The number of aromatic amines is 1. The van der Waals surface area contributed by atoms with E-state index in [1.54, 1.807) is 55.5 Å². The summed E-state index contributed by atoms with van der Waals surface area (Å²) in [6.07, 6.45) is -0.110. The second-order valence-electron chi connectivity index (χ2n) is 5.87. The molecule has 3 N–H and O–H groups in total. The molecule has 0 saturated carbocycles. The fourth-order valence-corrected chi connectivity index (χ4v) is 3.86. The fourth-order valence-electron chi connectivity index (χ4n) is 2.71. The van der Waals surface area contributed by atoms with E-state index in [9.17, 15) is 19.4 Å². The first-order valence-electron chi connectivity index (χ1n) is 7.75. The van der Waals surface area contributed by atoms with Gasteiger partial charge in [0, 0.05) is 17.0 Å². The lowest BCUT2D eigenvalue weighted by Crippen LogP contribution is -2.07. The molecule has 6 nitrogen and oxygen atoms in total. The van der Waals surface area contributed by atoms with Gasteiger partial charge in [-0.2, -0.15) is 0 Å². The van der Waals surface area contributed by atoms with Gasteiger partial charge in [-0.25, -0.2) is 4.57 Å². The molecule has 1 aromatic heterocycles. The molecule has 0 aliphatic rings. The number of benzene rings is 2. The van der Waals surface area contributed by atoms with Gasteiger partial charge in [0.2, 0.25) is 5.88 Å². The van der Waals surface area contributed by atoms with Crippen molar-refractivity contribution >= 4 is 24.5 Å². The molecule has 2 atom stereocenters. The third kappa shape index (κ3) is 3.92. The first-order valence-corrected chi connectivity index (χ1v) is 9.52. The number of H-pyrrole nitrogens is 1. The predicted octanol–water partition coefficient (Wildman–Crippen LogP) is 4.12. The summed E-state index contributed by atoms with van der Waals surface area (Å²) in [6.45, 7) is 1.59. The third-order valence-electron chi connectivity index (χ3n) is 3.98. The summed E-state index contributed by atoms with van der Waals surface area (Å²) >= 11 is 0. The molecule has 0 amide bonds. The second-order valence-corrected chi connectivity index (χ2v) is 7.65. The van der Waals surface area contributed by atoms with E-state index in [2.05, 4.69) is 4.98 Å². The Hall–Kier alpha value is -2.56. The summed E-state index contributed by atoms with van der Waals surface area (Å²) < 4.78 is 17.7. The predicted molar refractivity (Wildman–Crippen MR) is 94.9 cm³/mol. The van der Waals surface area contributed by atoms with Crippen LogP contribution < -0.4 is 4.52 Å². The van der Waals surface area contributed by atoms with E-state index in [1.165, 1.54) is 0 Å². The Morgan fingerprint density at radius 3 is 2.60 bits per heavy atom. The van der Waals surface area contributed by atoms with Crippen molar-refractivity contribution in [1.29, 1.82) is 0 Å². The first-order chi connectivity index (χ1) is 11.9. The van der Waals surface area contributed by atoms with Gasteiger partial charge < -0.3 is 19.5 Å². The van der Waals surface area contributed by atoms with Crippen molar-refractivity contribution in [3.63, 3.8) is 0 Å². The van der Waals surface area contributed by atoms with Crippen molar-refractivity contribution in [2.45, 2.75) is 19.0 Å². The number of carboxylic acids is 1. The van der Waals surface area contributed by atoms with E-state index in [1.807, 2.05) is 6.07 Å². The summed E-state index contributed by atoms with van der Waals surface area (Å²) in [7, 11) is -3.90. The zero-order chi connectivity index (χ0) is 18.0. The van der Waals surface area contributed by atoms with Crippen molar-refractivity contribution in [3.8, 4) is 5.88 Å². The normalized spacial score (nSPS) is 14.8. The van der Waals surface area contributed by atoms with Crippen molar-refractivity contribution in [2.75, 3.05) is 0 Å². The number of rotatable bonds is 6. The third-order valence-corrected chi connectivity index (χ3v) is 5.22. The minimum absolute atomic E-state index is 0.110. The van der Waals surface area contributed by atoms with Crippen LogP contribution in [0.2, 0.25) is 0 Å². The Balaban J connectivity index is 1.88. The minimum atomic E-state index is -3.90. The molecule has 0 spiro atoms. The van der Waals surface area contributed by atoms with Gasteiger partial charge in [-0.15, -0.1) is 0 Å². The van der Waals surface area contributed by atoms with E-state index < -0.39 is 19.5 Å². The summed E-state index contributed by atoms with van der Waals surface area (Å²) in [5.74, 6) is -1.49. The Morgan fingerprint density at radius 2 is 1.92 bits per heavy atom. The van der Waals surface area contributed by atoms with E-state index in [0.29, 0.717) is 22.0 Å². The quantitative estimate of drug-likeness (QED) is 0.575. The molecule has 0 aliphatic carbocycles. The van der Waals surface area contributed by atoms with Crippen LogP contribution in [0, 0.1) is 0 Å². The molecule has 0 fully saturated rings. The van der Waals surface area contributed by atoms with Crippen LogP contribution in [-0.4, -0.2) is 21.0 Å². The molecule has 130 valence electrons. The summed E-state index contributed by atoms with van der Waals surface area (Å²) in [4.78, 5) is 24.3. The molecule has 0 aliphatic heterocycles. The zero-order valence-electron chi connectivity index (χ0n) is 13.5. The van der Waals surface area contributed by atoms with E-state index in [4.69, 9.17) is 4.52 Å². The molecule has 3 rings (SSSR count). The van der Waals surface area contributed by atoms with Gasteiger partial charge in [0.1, 0.15) is 0 Å². The van der Waals surface area contributed by atoms with E-state index >= 15 is 0 Å². The topological polar surface area (TPSA) is 99.6 Å². The average Bonchev–Trinajstić information content (AvgIpc) is 2.95. The largest absolute Gasteiger partial charge is 0.481 e. The molecule has 3 aromatic rings. The fraction of sp³-hybridized carbons (Fsp3) is 0.167. The maximum atomic E-state index is 12.4. The minimum Gasteiger partial charge on any atom is -0.481 e. The number of aromatic nitrogens is 1. The number of fused-ring (bicyclic) bond motifs is 1. The van der Waals surface area contributed by atoms with Crippen LogP contribution in [0.4, 0.5) is 0 Å². The van der Waals surface area contributed by atoms with Gasteiger partial charge in [-0.05, 0) is 24.1 Å². The Kier molecular flexibility index (Phi) is 4.66. The number of carboxylic acid groups (broad SMARTS) is 1. The Bertz CT molecular complexity index is 951. The van der Waals surface area contributed by atoms with Crippen LogP contribution in [0.5, 0.6) is 5.88 Å². The second kappa shape index (κ2) is 6.75. The van der Waals surface area contributed by atoms with Crippen molar-refractivity contribution < 1.29 is 23.9 Å². The van der Waals surface area contributed by atoms with Crippen LogP contribution in [0.3, 0.4) is 0 Å². The molecule has 2 unspecified atom stereocenters. The number of hydrogen-bond donors (Lipinski definition) is 3. The lowest BCUT2D eigenvalue weighted by atomic mass is 9.98. The smallest absolute Gasteiger partial charge is 0.382 e. The Labute approximate surface area is 144 Å².